The number of furan rings is 1. The van der Waals surface area contributed by atoms with Gasteiger partial charge in [-0.3, -0.25) is 14.5 Å². The lowest BCUT2D eigenvalue weighted by Gasteiger charge is -2.21. The second-order valence-corrected chi connectivity index (χ2v) is 9.12. The molecule has 0 unspecified atom stereocenters. The second-order valence-electron chi connectivity index (χ2n) is 7.98. The van der Waals surface area contributed by atoms with E-state index in [2.05, 4.69) is 30.0 Å². The highest BCUT2D eigenvalue weighted by Gasteiger charge is 2.21. The van der Waals surface area contributed by atoms with Crippen molar-refractivity contribution in [3.8, 4) is 0 Å². The fourth-order valence-electron chi connectivity index (χ4n) is 4.00. The normalized spacial score (nSPS) is 15.2. The van der Waals surface area contributed by atoms with E-state index in [1.165, 1.54) is 27.5 Å². The van der Waals surface area contributed by atoms with Crippen LogP contribution in [-0.4, -0.2) is 47.9 Å². The summed E-state index contributed by atoms with van der Waals surface area (Å²) in [6, 6.07) is 12.1. The molecule has 0 bridgehead atoms. The van der Waals surface area contributed by atoms with Gasteiger partial charge >= 0.3 is 5.97 Å². The zero-order valence-electron chi connectivity index (χ0n) is 18.1. The van der Waals surface area contributed by atoms with E-state index in [-0.39, 0.29) is 18.5 Å². The highest BCUT2D eigenvalue weighted by molar-refractivity contribution is 7.19. The van der Waals surface area contributed by atoms with Crippen molar-refractivity contribution in [2.75, 3.05) is 26.2 Å². The lowest BCUT2D eigenvalue weighted by atomic mass is 10.1. The Labute approximate surface area is 186 Å². The van der Waals surface area contributed by atoms with E-state index in [0.717, 1.165) is 38.4 Å². The zero-order valence-corrected chi connectivity index (χ0v) is 18.9. The number of fused-ring (bicyclic) bond motifs is 1. The van der Waals surface area contributed by atoms with Gasteiger partial charge in [0.05, 0.1) is 13.0 Å². The number of thiophene rings is 1. The number of carbonyl (C=O) groups is 2. The summed E-state index contributed by atoms with van der Waals surface area (Å²) >= 11 is 1.73. The number of carbonyl (C=O) groups excluding carboxylic acids is 2. The third-order valence-corrected chi connectivity index (χ3v) is 6.98. The smallest absolute Gasteiger partial charge is 0.303 e. The largest absolute Gasteiger partial charge is 0.461 e. The molecule has 1 aliphatic heterocycles. The summed E-state index contributed by atoms with van der Waals surface area (Å²) in [4.78, 5) is 29.4. The van der Waals surface area contributed by atoms with E-state index < -0.39 is 0 Å². The van der Waals surface area contributed by atoms with E-state index in [4.69, 9.17) is 9.15 Å². The average molecular weight is 441 g/mol. The molecule has 0 aliphatic carbocycles. The number of benzene rings is 1. The van der Waals surface area contributed by atoms with Crippen LogP contribution in [0.15, 0.2) is 40.8 Å². The maximum Gasteiger partial charge on any atom is 0.303 e. The molecule has 1 saturated heterocycles. The first kappa shape index (κ1) is 21.6. The monoisotopic (exact) mass is 440 g/mol. The van der Waals surface area contributed by atoms with Crippen LogP contribution in [0.4, 0.5) is 0 Å². The average Bonchev–Trinajstić information content (AvgIpc) is 3.23. The molecule has 0 saturated carbocycles. The molecular formula is C24H28N2O4S. The first-order valence-electron chi connectivity index (χ1n) is 10.7. The fourth-order valence-corrected chi connectivity index (χ4v) is 5.20. The molecule has 3 heterocycles. The number of ether oxygens (including phenoxy) is 1. The third kappa shape index (κ3) is 5.35. The Balaban J connectivity index is 1.31. The van der Waals surface area contributed by atoms with Crippen LogP contribution >= 0.6 is 11.3 Å². The van der Waals surface area contributed by atoms with Crippen molar-refractivity contribution in [2.45, 2.75) is 39.8 Å². The van der Waals surface area contributed by atoms with E-state index in [0.29, 0.717) is 18.7 Å². The predicted octanol–water partition coefficient (Wildman–Crippen LogP) is 4.14. The van der Waals surface area contributed by atoms with Crippen LogP contribution < -0.4 is 0 Å². The van der Waals surface area contributed by atoms with Gasteiger partial charge in [-0.2, -0.15) is 0 Å². The summed E-state index contributed by atoms with van der Waals surface area (Å²) in [6.07, 6.45) is 1.42. The van der Waals surface area contributed by atoms with Gasteiger partial charge in [-0.25, -0.2) is 0 Å². The van der Waals surface area contributed by atoms with Gasteiger partial charge in [-0.15, -0.1) is 11.3 Å². The van der Waals surface area contributed by atoms with Crippen molar-refractivity contribution in [2.24, 2.45) is 0 Å². The molecule has 164 valence electrons. The summed E-state index contributed by atoms with van der Waals surface area (Å²) in [7, 11) is 0. The molecule has 2 aromatic heterocycles. The molecule has 0 radical (unpaired) electrons. The molecule has 31 heavy (non-hydrogen) atoms. The number of nitrogens with zero attached hydrogens (tertiary/aromatic N) is 2. The fraction of sp³-hybridized carbons (Fsp3) is 0.417. The highest BCUT2D eigenvalue weighted by Crippen LogP contribution is 2.31. The molecule has 7 heteroatoms. The summed E-state index contributed by atoms with van der Waals surface area (Å²) in [5.41, 5.74) is 1.23. The van der Waals surface area contributed by atoms with Crippen LogP contribution in [0.2, 0.25) is 0 Å². The SMILES string of the molecule is CC(=O)OCc1ccc(CN2CCCN(C(=O)Cc3sc4ccccc4c3C)CC2)o1. The van der Waals surface area contributed by atoms with Gasteiger partial charge < -0.3 is 14.1 Å². The maximum atomic E-state index is 13.0. The van der Waals surface area contributed by atoms with Crippen LogP contribution in [0.5, 0.6) is 0 Å². The standard InChI is InChI=1S/C24H28N2O4S/c1-17-21-6-3-4-7-22(21)31-23(17)14-24(28)26-11-5-10-25(12-13-26)15-19-8-9-20(30-19)16-29-18(2)27/h3-4,6-9H,5,10-16H2,1-2H3. The summed E-state index contributed by atoms with van der Waals surface area (Å²) < 4.78 is 12.0. The minimum Gasteiger partial charge on any atom is -0.461 e. The summed E-state index contributed by atoms with van der Waals surface area (Å²) in [6.45, 7) is 7.61. The predicted molar refractivity (Wildman–Crippen MR) is 121 cm³/mol. The molecule has 6 nitrogen and oxygen atoms in total. The quantitative estimate of drug-likeness (QED) is 0.539. The number of esters is 1. The Morgan fingerprint density at radius 2 is 1.87 bits per heavy atom. The van der Waals surface area contributed by atoms with Crippen LogP contribution in [0.3, 0.4) is 0 Å². The first-order valence-corrected chi connectivity index (χ1v) is 11.5. The van der Waals surface area contributed by atoms with Crippen LogP contribution in [0.25, 0.3) is 10.1 Å². The summed E-state index contributed by atoms with van der Waals surface area (Å²) in [5, 5.41) is 1.25. The van der Waals surface area contributed by atoms with E-state index in [9.17, 15) is 9.59 Å². The maximum absolute atomic E-state index is 13.0. The second kappa shape index (κ2) is 9.66. The van der Waals surface area contributed by atoms with E-state index in [1.54, 1.807) is 11.3 Å². The lowest BCUT2D eigenvalue weighted by Crippen LogP contribution is -2.36. The third-order valence-electron chi connectivity index (χ3n) is 5.71. The highest BCUT2D eigenvalue weighted by atomic mass is 32.1. The topological polar surface area (TPSA) is 63.0 Å². The number of rotatable bonds is 6. The molecule has 0 N–H and O–H groups in total. The Morgan fingerprint density at radius 1 is 1.06 bits per heavy atom. The van der Waals surface area contributed by atoms with Gasteiger partial charge in [-0.1, -0.05) is 18.2 Å². The Bertz CT molecular complexity index is 1070. The van der Waals surface area contributed by atoms with Crippen LogP contribution in [0.1, 0.15) is 35.3 Å². The molecule has 1 aromatic carbocycles. The van der Waals surface area contributed by atoms with Crippen molar-refractivity contribution in [3.63, 3.8) is 0 Å². The molecule has 0 atom stereocenters. The Morgan fingerprint density at radius 3 is 2.68 bits per heavy atom. The van der Waals surface area contributed by atoms with Gasteiger partial charge in [0.25, 0.3) is 0 Å². The van der Waals surface area contributed by atoms with E-state index >= 15 is 0 Å². The molecule has 3 aromatic rings. The van der Waals surface area contributed by atoms with Crippen LogP contribution in [0, 0.1) is 6.92 Å². The molecule has 1 amide bonds. The van der Waals surface area contributed by atoms with Crippen molar-refractivity contribution in [1.82, 2.24) is 9.80 Å². The lowest BCUT2D eigenvalue weighted by molar-refractivity contribution is -0.142. The van der Waals surface area contributed by atoms with Gasteiger partial charge in [0.15, 0.2) is 0 Å². The van der Waals surface area contributed by atoms with Gasteiger partial charge in [-0.05, 0) is 42.5 Å². The number of hydrogen-bond acceptors (Lipinski definition) is 6. The molecule has 4 rings (SSSR count). The first-order chi connectivity index (χ1) is 15.0. The van der Waals surface area contributed by atoms with Gasteiger partial charge in [0.2, 0.25) is 5.91 Å². The summed E-state index contributed by atoms with van der Waals surface area (Å²) in [5.74, 6) is 1.39. The van der Waals surface area contributed by atoms with Crippen molar-refractivity contribution < 1.29 is 18.7 Å². The van der Waals surface area contributed by atoms with E-state index in [1.807, 2.05) is 23.1 Å². The molecule has 1 aliphatic rings. The molecular weight excluding hydrogens is 412 g/mol. The van der Waals surface area contributed by atoms with Crippen molar-refractivity contribution in [1.29, 1.82) is 0 Å². The molecule has 0 spiro atoms. The Hall–Kier alpha value is -2.64. The minimum absolute atomic E-state index is 0.161. The minimum atomic E-state index is -0.318. The zero-order chi connectivity index (χ0) is 21.8. The number of aryl methyl sites for hydroxylation is 1. The van der Waals surface area contributed by atoms with Gasteiger partial charge in [0.1, 0.15) is 18.1 Å². The molecule has 1 fully saturated rings. The number of hydrogen-bond donors (Lipinski definition) is 0. The van der Waals surface area contributed by atoms with Crippen molar-refractivity contribution >= 4 is 33.3 Å². The van der Waals surface area contributed by atoms with Gasteiger partial charge in [0, 0.05) is 42.7 Å². The van der Waals surface area contributed by atoms with Crippen molar-refractivity contribution in [3.05, 3.63) is 58.4 Å². The number of amides is 1. The van der Waals surface area contributed by atoms with Crippen LogP contribution in [-0.2, 0) is 33.9 Å². The Kier molecular flexibility index (Phi) is 6.73.